The van der Waals surface area contributed by atoms with Crippen molar-refractivity contribution in [2.24, 2.45) is 5.16 Å². The third kappa shape index (κ3) is 5.44. The van der Waals surface area contributed by atoms with Crippen LogP contribution in [0.4, 0.5) is 4.79 Å². The number of rotatable bonds is 4. The molecule has 11 heteroatoms. The Morgan fingerprint density at radius 2 is 1.88 bits per heavy atom. The lowest BCUT2D eigenvalue weighted by atomic mass is 9.94. The summed E-state index contributed by atoms with van der Waals surface area (Å²) in [5.74, 6) is 6.26. The van der Waals surface area contributed by atoms with Gasteiger partial charge >= 0.3 is 6.03 Å². The molecule has 2 aromatic carbocycles. The molecule has 0 saturated carbocycles. The zero-order valence-corrected chi connectivity index (χ0v) is 22.6. The van der Waals surface area contributed by atoms with Crippen LogP contribution in [0.15, 0.2) is 47.6 Å². The number of amides is 4. The number of nitrogens with one attached hydrogen (secondary N) is 2. The van der Waals surface area contributed by atoms with E-state index in [1.807, 2.05) is 18.2 Å². The van der Waals surface area contributed by atoms with Crippen molar-refractivity contribution < 1.29 is 24.3 Å². The van der Waals surface area contributed by atoms with Gasteiger partial charge in [-0.15, -0.1) is 0 Å². The Hall–Kier alpha value is -4.56. The fraction of sp³-hybridized carbons (Fsp3) is 0.379. The highest BCUT2D eigenvalue weighted by Crippen LogP contribution is 2.25. The molecule has 0 radical (unpaired) electrons. The van der Waals surface area contributed by atoms with Crippen molar-refractivity contribution in [3.8, 4) is 17.6 Å². The van der Waals surface area contributed by atoms with E-state index in [-0.39, 0.29) is 12.5 Å². The molecule has 4 amide bonds. The highest BCUT2D eigenvalue weighted by atomic mass is 16.5. The number of likely N-dealkylation sites (N-methyl/N-ethyl adjacent to an activating group) is 1. The highest BCUT2D eigenvalue weighted by Gasteiger charge is 2.47. The first-order valence-electron chi connectivity index (χ1n) is 13.2. The van der Waals surface area contributed by atoms with E-state index in [9.17, 15) is 19.6 Å². The van der Waals surface area contributed by atoms with Crippen LogP contribution in [0.5, 0.6) is 5.75 Å². The second-order valence-electron chi connectivity index (χ2n) is 10.2. The summed E-state index contributed by atoms with van der Waals surface area (Å²) < 4.78 is 5.27. The molecule has 40 heavy (non-hydrogen) atoms. The number of benzene rings is 2. The molecule has 0 aromatic heterocycles. The highest BCUT2D eigenvalue weighted by molar-refractivity contribution is 6.10. The molecule has 0 spiro atoms. The smallest absolute Gasteiger partial charge is 0.323 e. The molecule has 2 fully saturated rings. The van der Waals surface area contributed by atoms with Gasteiger partial charge in [0.25, 0.3) is 11.8 Å². The molecule has 5 rings (SSSR count). The first-order chi connectivity index (χ1) is 19.3. The zero-order chi connectivity index (χ0) is 28.3. The Labute approximate surface area is 232 Å². The lowest BCUT2D eigenvalue weighted by Crippen LogP contribution is -2.56. The van der Waals surface area contributed by atoms with Gasteiger partial charge in [0, 0.05) is 42.9 Å². The number of methoxy groups -OCH3 is 1. The van der Waals surface area contributed by atoms with Crippen LogP contribution >= 0.6 is 0 Å². The summed E-state index contributed by atoms with van der Waals surface area (Å²) in [7, 11) is 3.65. The first kappa shape index (κ1) is 27.0. The summed E-state index contributed by atoms with van der Waals surface area (Å²) in [6.45, 7) is 3.68. The minimum atomic E-state index is -1.59. The fourth-order valence-corrected chi connectivity index (χ4v) is 5.25. The lowest BCUT2D eigenvalue weighted by Gasteiger charge is -2.33. The van der Waals surface area contributed by atoms with E-state index in [1.54, 1.807) is 36.3 Å². The third-order valence-corrected chi connectivity index (χ3v) is 7.53. The molecule has 2 aromatic rings. The van der Waals surface area contributed by atoms with Crippen LogP contribution in [0.2, 0.25) is 0 Å². The number of urea groups is 1. The van der Waals surface area contributed by atoms with Crippen molar-refractivity contribution in [1.82, 2.24) is 25.3 Å². The zero-order valence-electron chi connectivity index (χ0n) is 22.6. The standard InChI is InChI=1S/C29H32N6O5/c1-33-13-3-14-34(17-16-33)25(32-39)21-6-4-20(5-7-21)10-12-29(27(37)30-28(38)31-29)19-35-15-11-22-18-23(40-2)8-9-24(22)26(35)36/h4-9,18,39H,3,11,13-17,19H2,1-2H3,(H2,30,31,37,38)/t29-/m1/s1. The van der Waals surface area contributed by atoms with Gasteiger partial charge in [-0.2, -0.15) is 0 Å². The molecule has 3 heterocycles. The second-order valence-corrected chi connectivity index (χ2v) is 10.2. The SMILES string of the molecule is COc1ccc2c(c1)CCN(C[C@@]1(C#Cc3ccc(C(=NO)N4CCCN(C)CC4)cc3)NC(=O)NC1=O)C2=O. The number of ether oxygens (including phenoxy) is 1. The molecule has 11 nitrogen and oxygen atoms in total. The molecular formula is C29H32N6O5. The van der Waals surface area contributed by atoms with Crippen molar-refractivity contribution in [3.05, 3.63) is 64.7 Å². The maximum Gasteiger partial charge on any atom is 0.323 e. The number of oxime groups is 1. The summed E-state index contributed by atoms with van der Waals surface area (Å²) in [6.07, 6.45) is 1.55. The minimum absolute atomic E-state index is 0.0926. The Bertz CT molecular complexity index is 1410. The van der Waals surface area contributed by atoms with E-state index in [1.165, 1.54) is 0 Å². The third-order valence-electron chi connectivity index (χ3n) is 7.53. The van der Waals surface area contributed by atoms with Crippen LogP contribution in [0.3, 0.4) is 0 Å². The summed E-state index contributed by atoms with van der Waals surface area (Å²) in [5.41, 5.74) is 1.16. The molecule has 2 saturated heterocycles. The van der Waals surface area contributed by atoms with Gasteiger partial charge < -0.3 is 30.0 Å². The van der Waals surface area contributed by atoms with E-state index in [4.69, 9.17) is 4.74 Å². The lowest BCUT2D eigenvalue weighted by molar-refractivity contribution is -0.122. The van der Waals surface area contributed by atoms with Gasteiger partial charge in [0.05, 0.1) is 13.7 Å². The van der Waals surface area contributed by atoms with Gasteiger partial charge in [0.15, 0.2) is 5.84 Å². The van der Waals surface area contributed by atoms with Crippen molar-refractivity contribution >= 4 is 23.7 Å². The normalized spacial score (nSPS) is 21.6. The molecule has 208 valence electrons. The van der Waals surface area contributed by atoms with E-state index in [0.29, 0.717) is 35.7 Å². The average Bonchev–Trinajstić information content (AvgIpc) is 3.08. The number of carbonyl (C=O) groups is 3. The van der Waals surface area contributed by atoms with Crippen LogP contribution in [0.25, 0.3) is 0 Å². The number of amidine groups is 1. The Balaban J connectivity index is 1.36. The van der Waals surface area contributed by atoms with Crippen LogP contribution in [-0.2, 0) is 11.2 Å². The summed E-state index contributed by atoms with van der Waals surface area (Å²) in [6, 6.07) is 11.8. The predicted molar refractivity (Wildman–Crippen MR) is 147 cm³/mol. The Kier molecular flexibility index (Phi) is 7.62. The van der Waals surface area contributed by atoms with Gasteiger partial charge in [-0.3, -0.25) is 14.9 Å². The molecule has 3 N–H and O–H groups in total. The Morgan fingerprint density at radius 1 is 1.07 bits per heavy atom. The summed E-state index contributed by atoms with van der Waals surface area (Å²) >= 11 is 0. The van der Waals surface area contributed by atoms with Crippen molar-refractivity contribution in [2.75, 3.05) is 53.4 Å². The molecule has 1 atom stereocenters. The van der Waals surface area contributed by atoms with Gasteiger partial charge in [-0.1, -0.05) is 17.0 Å². The van der Waals surface area contributed by atoms with Crippen molar-refractivity contribution in [2.45, 2.75) is 18.4 Å². The molecular weight excluding hydrogens is 512 g/mol. The first-order valence-corrected chi connectivity index (χ1v) is 13.2. The fourth-order valence-electron chi connectivity index (χ4n) is 5.25. The van der Waals surface area contributed by atoms with Crippen LogP contribution in [0.1, 0.15) is 33.5 Å². The van der Waals surface area contributed by atoms with Gasteiger partial charge in [-0.05, 0) is 74.5 Å². The average molecular weight is 545 g/mol. The quantitative estimate of drug-likeness (QED) is 0.131. The van der Waals surface area contributed by atoms with Gasteiger partial charge in [-0.25, -0.2) is 4.79 Å². The second kappa shape index (κ2) is 11.3. The van der Waals surface area contributed by atoms with Crippen molar-refractivity contribution in [3.63, 3.8) is 0 Å². The van der Waals surface area contributed by atoms with Gasteiger partial charge in [0.1, 0.15) is 5.75 Å². The minimum Gasteiger partial charge on any atom is -0.497 e. The van der Waals surface area contributed by atoms with E-state index >= 15 is 0 Å². The number of fused-ring (bicyclic) bond motifs is 1. The van der Waals surface area contributed by atoms with Crippen LogP contribution < -0.4 is 15.4 Å². The molecule has 0 aliphatic carbocycles. The predicted octanol–water partition coefficient (Wildman–Crippen LogP) is 1.10. The molecule has 0 bridgehead atoms. The summed E-state index contributed by atoms with van der Waals surface area (Å²) in [5, 5.41) is 18.2. The van der Waals surface area contributed by atoms with E-state index in [2.05, 4.69) is 44.5 Å². The number of hydrogen-bond donors (Lipinski definition) is 3. The number of imide groups is 1. The number of carbonyl (C=O) groups excluding carboxylic acids is 3. The molecule has 3 aliphatic heterocycles. The topological polar surface area (TPSA) is 127 Å². The summed E-state index contributed by atoms with van der Waals surface area (Å²) in [4.78, 5) is 44.2. The van der Waals surface area contributed by atoms with E-state index in [0.717, 1.165) is 43.7 Å². The number of nitrogens with zero attached hydrogens (tertiary/aromatic N) is 4. The Morgan fingerprint density at radius 3 is 2.58 bits per heavy atom. The monoisotopic (exact) mass is 544 g/mol. The molecule has 0 unspecified atom stereocenters. The molecule has 3 aliphatic rings. The van der Waals surface area contributed by atoms with Gasteiger partial charge in [0.2, 0.25) is 5.54 Å². The van der Waals surface area contributed by atoms with Crippen molar-refractivity contribution in [1.29, 1.82) is 0 Å². The number of hydrogen-bond acceptors (Lipinski definition) is 7. The largest absolute Gasteiger partial charge is 0.497 e. The van der Waals surface area contributed by atoms with Crippen LogP contribution in [-0.4, -0.2) is 103 Å². The maximum absolute atomic E-state index is 13.3. The van der Waals surface area contributed by atoms with E-state index < -0.39 is 17.5 Å². The maximum atomic E-state index is 13.3. The van der Waals surface area contributed by atoms with Crippen LogP contribution in [0, 0.1) is 11.8 Å².